The monoisotopic (exact) mass is 294 g/mol. The lowest BCUT2D eigenvalue weighted by Gasteiger charge is -2.33. The van der Waals surface area contributed by atoms with Gasteiger partial charge in [-0.1, -0.05) is 0 Å². The minimum Gasteiger partial charge on any atom is -0.347 e. The molecule has 0 spiro atoms. The molecule has 0 aliphatic carbocycles. The molecule has 1 aliphatic heterocycles. The van der Waals surface area contributed by atoms with Crippen LogP contribution in [-0.2, 0) is 11.3 Å². The van der Waals surface area contributed by atoms with Crippen molar-refractivity contribution in [3.05, 3.63) is 18.2 Å². The van der Waals surface area contributed by atoms with Crippen LogP contribution in [0, 0.1) is 0 Å². The summed E-state index contributed by atoms with van der Waals surface area (Å²) in [4.78, 5) is 19.0. The molecule has 1 aliphatic rings. The summed E-state index contributed by atoms with van der Waals surface area (Å²) in [6.45, 7) is 3.34. The molecule has 7 heteroatoms. The van der Waals surface area contributed by atoms with E-state index in [4.69, 9.17) is 0 Å². The van der Waals surface area contributed by atoms with Crippen LogP contribution in [0.2, 0.25) is 0 Å². The molecule has 1 aromatic heterocycles. The maximum Gasteiger partial charge on any atom is 0.240 e. The fourth-order valence-corrected chi connectivity index (χ4v) is 2.00. The van der Waals surface area contributed by atoms with Crippen LogP contribution < -0.4 is 10.6 Å². The Morgan fingerprint density at radius 3 is 2.83 bits per heavy atom. The molecule has 1 amide bonds. The number of carbonyl (C=O) groups is 1. The van der Waals surface area contributed by atoms with Gasteiger partial charge in [-0.05, 0) is 32.7 Å². The van der Waals surface area contributed by atoms with E-state index >= 15 is 0 Å². The molecule has 1 fully saturated rings. The van der Waals surface area contributed by atoms with E-state index in [9.17, 15) is 4.79 Å². The molecule has 5 nitrogen and oxygen atoms in total. The van der Waals surface area contributed by atoms with E-state index in [1.54, 1.807) is 12.4 Å². The first-order valence-corrected chi connectivity index (χ1v) is 5.72. The molecule has 1 atom stereocenters. The molecule has 0 saturated carbocycles. The van der Waals surface area contributed by atoms with Gasteiger partial charge in [0.2, 0.25) is 5.91 Å². The average molecular weight is 295 g/mol. The molecule has 0 bridgehead atoms. The number of hydrogen-bond donors (Lipinski definition) is 3. The van der Waals surface area contributed by atoms with Crippen LogP contribution >= 0.6 is 24.8 Å². The van der Waals surface area contributed by atoms with Crippen molar-refractivity contribution in [2.24, 2.45) is 0 Å². The number of aromatic nitrogens is 2. The van der Waals surface area contributed by atoms with Gasteiger partial charge < -0.3 is 15.6 Å². The van der Waals surface area contributed by atoms with Crippen LogP contribution in [0.25, 0.3) is 0 Å². The molecular weight excluding hydrogens is 275 g/mol. The average Bonchev–Trinajstić information content (AvgIpc) is 2.79. The van der Waals surface area contributed by atoms with Crippen LogP contribution in [0.5, 0.6) is 0 Å². The maximum absolute atomic E-state index is 12.0. The second kappa shape index (κ2) is 7.61. The summed E-state index contributed by atoms with van der Waals surface area (Å²) in [6.07, 6.45) is 6.60. The summed E-state index contributed by atoms with van der Waals surface area (Å²) in [5.41, 5.74) is -0.412. The number of amides is 1. The van der Waals surface area contributed by atoms with Crippen molar-refractivity contribution in [2.45, 2.75) is 38.3 Å². The number of nitrogens with zero attached hydrogens (tertiary/aromatic N) is 1. The SMILES string of the molecule is CC1(C(=O)NCc2ncc[nH]2)CCCCN1.Cl.Cl. The van der Waals surface area contributed by atoms with Gasteiger partial charge in [-0.25, -0.2) is 4.98 Å². The highest BCUT2D eigenvalue weighted by Crippen LogP contribution is 2.18. The van der Waals surface area contributed by atoms with Crippen molar-refractivity contribution in [3.63, 3.8) is 0 Å². The van der Waals surface area contributed by atoms with Crippen molar-refractivity contribution in [3.8, 4) is 0 Å². The first-order chi connectivity index (χ1) is 7.71. The van der Waals surface area contributed by atoms with E-state index < -0.39 is 5.54 Å². The van der Waals surface area contributed by atoms with Gasteiger partial charge in [-0.2, -0.15) is 0 Å². The number of carbonyl (C=O) groups excluding carboxylic acids is 1. The fourth-order valence-electron chi connectivity index (χ4n) is 2.00. The van der Waals surface area contributed by atoms with E-state index in [2.05, 4.69) is 20.6 Å². The number of hydrogen-bond acceptors (Lipinski definition) is 3. The van der Waals surface area contributed by atoms with Crippen LogP contribution in [0.3, 0.4) is 0 Å². The quantitative estimate of drug-likeness (QED) is 0.789. The zero-order valence-corrected chi connectivity index (χ0v) is 12.0. The molecular formula is C11H20Cl2N4O. The molecule has 104 valence electrons. The van der Waals surface area contributed by atoms with E-state index in [0.29, 0.717) is 6.54 Å². The predicted molar refractivity (Wildman–Crippen MR) is 75.2 cm³/mol. The Hall–Kier alpha value is -0.780. The molecule has 1 saturated heterocycles. The summed E-state index contributed by atoms with van der Waals surface area (Å²) in [5, 5.41) is 6.18. The molecule has 2 rings (SSSR count). The number of aromatic amines is 1. The lowest BCUT2D eigenvalue weighted by molar-refractivity contribution is -0.128. The second-order valence-corrected chi connectivity index (χ2v) is 4.43. The highest BCUT2D eigenvalue weighted by atomic mass is 35.5. The van der Waals surface area contributed by atoms with Gasteiger partial charge in [0, 0.05) is 12.4 Å². The summed E-state index contributed by atoms with van der Waals surface area (Å²) in [5.74, 6) is 0.844. The fraction of sp³-hybridized carbons (Fsp3) is 0.636. The Morgan fingerprint density at radius 2 is 2.28 bits per heavy atom. The number of halogens is 2. The summed E-state index contributed by atoms with van der Waals surface area (Å²) in [6, 6.07) is 0. The van der Waals surface area contributed by atoms with Gasteiger partial charge in [0.1, 0.15) is 5.82 Å². The molecule has 0 radical (unpaired) electrons. The molecule has 1 unspecified atom stereocenters. The van der Waals surface area contributed by atoms with Crippen molar-refractivity contribution in [1.29, 1.82) is 0 Å². The van der Waals surface area contributed by atoms with Crippen molar-refractivity contribution in [1.82, 2.24) is 20.6 Å². The zero-order chi connectivity index (χ0) is 11.4. The Balaban J connectivity index is 0.00000144. The van der Waals surface area contributed by atoms with Gasteiger partial charge in [-0.15, -0.1) is 24.8 Å². The summed E-state index contributed by atoms with van der Waals surface area (Å²) >= 11 is 0. The van der Waals surface area contributed by atoms with Crippen molar-refractivity contribution in [2.75, 3.05) is 6.54 Å². The standard InChI is InChI=1S/C11H18N4O.2ClH/c1-11(4-2-3-5-15-11)10(16)14-8-9-12-6-7-13-9;;/h6-7,15H,2-5,8H2,1H3,(H,12,13)(H,14,16);2*1H. The third kappa shape index (κ3) is 4.15. The Labute approximate surface area is 119 Å². The summed E-state index contributed by atoms with van der Waals surface area (Å²) < 4.78 is 0. The smallest absolute Gasteiger partial charge is 0.240 e. The van der Waals surface area contributed by atoms with Gasteiger partial charge in [0.15, 0.2) is 0 Å². The van der Waals surface area contributed by atoms with Crippen LogP contribution in [0.15, 0.2) is 12.4 Å². The van der Waals surface area contributed by atoms with Crippen molar-refractivity contribution >= 4 is 30.7 Å². The number of H-pyrrole nitrogens is 1. The van der Waals surface area contributed by atoms with Crippen LogP contribution in [-0.4, -0.2) is 28.0 Å². The third-order valence-corrected chi connectivity index (χ3v) is 3.09. The van der Waals surface area contributed by atoms with Gasteiger partial charge in [0.05, 0.1) is 12.1 Å². The lowest BCUT2D eigenvalue weighted by atomic mass is 9.90. The topological polar surface area (TPSA) is 69.8 Å². The van der Waals surface area contributed by atoms with Gasteiger partial charge in [-0.3, -0.25) is 4.79 Å². The first kappa shape index (κ1) is 17.2. The molecule has 0 aromatic carbocycles. The van der Waals surface area contributed by atoms with Gasteiger partial charge >= 0.3 is 0 Å². The number of rotatable bonds is 3. The van der Waals surface area contributed by atoms with Crippen LogP contribution in [0.4, 0.5) is 0 Å². The molecule has 2 heterocycles. The Bertz CT molecular complexity index is 350. The maximum atomic E-state index is 12.0. The Morgan fingerprint density at radius 1 is 1.50 bits per heavy atom. The zero-order valence-electron chi connectivity index (χ0n) is 10.4. The molecule has 1 aromatic rings. The van der Waals surface area contributed by atoms with E-state index in [1.165, 1.54) is 0 Å². The lowest BCUT2D eigenvalue weighted by Crippen LogP contribution is -2.56. The molecule has 3 N–H and O–H groups in total. The Kier molecular flexibility index (Phi) is 7.28. The normalized spacial score (nSPS) is 22.5. The second-order valence-electron chi connectivity index (χ2n) is 4.43. The van der Waals surface area contributed by atoms with Crippen LogP contribution in [0.1, 0.15) is 32.0 Å². The molecule has 18 heavy (non-hydrogen) atoms. The number of imidazole rings is 1. The minimum absolute atomic E-state index is 0. The number of nitrogens with one attached hydrogen (secondary N) is 3. The first-order valence-electron chi connectivity index (χ1n) is 5.72. The van der Waals surface area contributed by atoms with Crippen molar-refractivity contribution < 1.29 is 4.79 Å². The highest BCUT2D eigenvalue weighted by Gasteiger charge is 2.33. The third-order valence-electron chi connectivity index (χ3n) is 3.09. The van der Waals surface area contributed by atoms with E-state index in [-0.39, 0.29) is 30.7 Å². The highest BCUT2D eigenvalue weighted by molar-refractivity contribution is 5.86. The minimum atomic E-state index is -0.412. The summed E-state index contributed by atoms with van der Waals surface area (Å²) in [7, 11) is 0. The predicted octanol–water partition coefficient (Wildman–Crippen LogP) is 1.40. The van der Waals surface area contributed by atoms with Gasteiger partial charge in [0.25, 0.3) is 0 Å². The number of piperidine rings is 1. The van der Waals surface area contributed by atoms with E-state index in [0.717, 1.165) is 31.6 Å². The van der Waals surface area contributed by atoms with E-state index in [1.807, 2.05) is 6.92 Å². The largest absolute Gasteiger partial charge is 0.347 e.